The van der Waals surface area contributed by atoms with Crippen LogP contribution in [0.3, 0.4) is 0 Å². The summed E-state index contributed by atoms with van der Waals surface area (Å²) in [5.74, 6) is -0.615. The van der Waals surface area contributed by atoms with Crippen molar-refractivity contribution in [3.8, 4) is 0 Å². The maximum atomic E-state index is 12.6. The van der Waals surface area contributed by atoms with E-state index in [9.17, 15) is 9.59 Å². The molecule has 0 bridgehead atoms. The molecule has 3 N–H and O–H groups in total. The number of esters is 1. The first-order chi connectivity index (χ1) is 11.2. The lowest BCUT2D eigenvalue weighted by molar-refractivity contribution is -0.166. The van der Waals surface area contributed by atoms with Gasteiger partial charge >= 0.3 is 5.97 Å². The molecule has 2 unspecified atom stereocenters. The van der Waals surface area contributed by atoms with Crippen molar-refractivity contribution in [3.63, 3.8) is 0 Å². The van der Waals surface area contributed by atoms with E-state index in [0.29, 0.717) is 30.5 Å². The molecule has 1 heterocycles. The molecule has 2 rings (SSSR count). The van der Waals surface area contributed by atoms with Gasteiger partial charge in [-0.25, -0.2) is 4.98 Å². The SMILES string of the molecule is CCOC(=O)Cc1csc(NC(=O)C2(N)CC(OCC)C2(C)C)n1. The molecule has 1 aliphatic carbocycles. The molecule has 134 valence electrons. The van der Waals surface area contributed by atoms with E-state index in [1.807, 2.05) is 20.8 Å². The smallest absolute Gasteiger partial charge is 0.311 e. The Kier molecular flexibility index (Phi) is 5.62. The molecule has 0 radical (unpaired) electrons. The van der Waals surface area contributed by atoms with E-state index >= 15 is 0 Å². The van der Waals surface area contributed by atoms with Gasteiger partial charge in [-0.1, -0.05) is 13.8 Å². The molecule has 0 spiro atoms. The van der Waals surface area contributed by atoms with E-state index in [4.69, 9.17) is 15.2 Å². The van der Waals surface area contributed by atoms with Gasteiger partial charge in [-0.15, -0.1) is 11.3 Å². The van der Waals surface area contributed by atoms with Crippen molar-refractivity contribution in [2.24, 2.45) is 11.1 Å². The van der Waals surface area contributed by atoms with Crippen LogP contribution in [0.5, 0.6) is 0 Å². The highest BCUT2D eigenvalue weighted by Crippen LogP contribution is 2.50. The van der Waals surface area contributed by atoms with Gasteiger partial charge in [-0.2, -0.15) is 0 Å². The number of anilines is 1. The van der Waals surface area contributed by atoms with Crippen LogP contribution in [0.25, 0.3) is 0 Å². The number of nitrogens with one attached hydrogen (secondary N) is 1. The molecule has 1 fully saturated rings. The normalized spacial score (nSPS) is 25.0. The number of thiazole rings is 1. The average Bonchev–Trinajstić information content (AvgIpc) is 2.93. The van der Waals surface area contributed by atoms with Gasteiger partial charge in [0.2, 0.25) is 5.91 Å². The van der Waals surface area contributed by atoms with Crippen molar-refractivity contribution in [1.82, 2.24) is 4.98 Å². The van der Waals surface area contributed by atoms with Crippen molar-refractivity contribution >= 4 is 28.3 Å². The van der Waals surface area contributed by atoms with Crippen LogP contribution >= 0.6 is 11.3 Å². The summed E-state index contributed by atoms with van der Waals surface area (Å²) in [6.07, 6.45) is 0.529. The molecule has 24 heavy (non-hydrogen) atoms. The van der Waals surface area contributed by atoms with Crippen molar-refractivity contribution < 1.29 is 19.1 Å². The standard InChI is InChI=1S/C16H25N3O4S/c1-5-22-11-8-16(17,15(11,3)4)13(21)19-14-18-10(9-24-14)7-12(20)23-6-2/h9,11H,5-8,17H2,1-4H3,(H,18,19,21). The number of nitrogens with two attached hydrogens (primary N) is 1. The van der Waals surface area contributed by atoms with E-state index in [2.05, 4.69) is 10.3 Å². The van der Waals surface area contributed by atoms with Gasteiger partial charge in [0.05, 0.1) is 24.8 Å². The van der Waals surface area contributed by atoms with Gasteiger partial charge in [-0.3, -0.25) is 9.59 Å². The number of nitrogens with zero attached hydrogens (tertiary/aromatic N) is 1. The fraction of sp³-hybridized carbons (Fsp3) is 0.688. The van der Waals surface area contributed by atoms with Crippen molar-refractivity contribution in [3.05, 3.63) is 11.1 Å². The molecule has 1 saturated carbocycles. The third-order valence-electron chi connectivity index (χ3n) is 4.64. The quantitative estimate of drug-likeness (QED) is 0.722. The number of carbonyl (C=O) groups excluding carboxylic acids is 2. The van der Waals surface area contributed by atoms with E-state index in [1.54, 1.807) is 12.3 Å². The van der Waals surface area contributed by atoms with Crippen LogP contribution in [0.4, 0.5) is 5.13 Å². The first-order valence-electron chi connectivity index (χ1n) is 8.06. The molecule has 1 aliphatic rings. The predicted molar refractivity (Wildman–Crippen MR) is 91.8 cm³/mol. The highest BCUT2D eigenvalue weighted by molar-refractivity contribution is 7.14. The summed E-state index contributed by atoms with van der Waals surface area (Å²) in [4.78, 5) is 28.3. The van der Waals surface area contributed by atoms with Crippen molar-refractivity contribution in [2.45, 2.75) is 52.2 Å². The van der Waals surface area contributed by atoms with Gasteiger partial charge in [-0.05, 0) is 13.8 Å². The van der Waals surface area contributed by atoms with Crippen molar-refractivity contribution in [1.29, 1.82) is 0 Å². The minimum atomic E-state index is -1.00. The molecule has 0 aliphatic heterocycles. The number of rotatable bonds is 7. The van der Waals surface area contributed by atoms with E-state index in [1.165, 1.54) is 11.3 Å². The summed E-state index contributed by atoms with van der Waals surface area (Å²) < 4.78 is 10.5. The van der Waals surface area contributed by atoms with Crippen LogP contribution in [-0.4, -0.2) is 41.7 Å². The summed E-state index contributed by atoms with van der Waals surface area (Å²) in [5.41, 5.74) is 5.44. The Labute approximate surface area is 145 Å². The number of amides is 1. The maximum absolute atomic E-state index is 12.6. The van der Waals surface area contributed by atoms with Crippen LogP contribution in [0.1, 0.15) is 39.8 Å². The van der Waals surface area contributed by atoms with E-state index in [0.717, 1.165) is 0 Å². The van der Waals surface area contributed by atoms with E-state index < -0.39 is 11.0 Å². The second kappa shape index (κ2) is 7.16. The molecular formula is C16H25N3O4S. The lowest BCUT2D eigenvalue weighted by Gasteiger charge is -2.57. The lowest BCUT2D eigenvalue weighted by Crippen LogP contribution is -2.74. The molecule has 0 aromatic carbocycles. The van der Waals surface area contributed by atoms with Gasteiger partial charge in [0.15, 0.2) is 5.13 Å². The Morgan fingerprint density at radius 2 is 2.12 bits per heavy atom. The number of hydrogen-bond acceptors (Lipinski definition) is 7. The van der Waals surface area contributed by atoms with Gasteiger partial charge < -0.3 is 20.5 Å². The summed E-state index contributed by atoms with van der Waals surface area (Å²) in [6, 6.07) is 0. The highest BCUT2D eigenvalue weighted by Gasteiger charge is 2.62. The Hall–Kier alpha value is -1.51. The Morgan fingerprint density at radius 3 is 2.71 bits per heavy atom. The molecule has 0 saturated heterocycles. The topological polar surface area (TPSA) is 104 Å². The molecule has 8 heteroatoms. The third-order valence-corrected chi connectivity index (χ3v) is 5.44. The monoisotopic (exact) mass is 355 g/mol. The molecule has 1 amide bonds. The summed E-state index contributed by atoms with van der Waals surface area (Å²) >= 11 is 1.26. The molecule has 1 aromatic heterocycles. The summed E-state index contributed by atoms with van der Waals surface area (Å²) in [5, 5.41) is 4.92. The molecule has 1 aromatic rings. The third kappa shape index (κ3) is 3.45. The largest absolute Gasteiger partial charge is 0.466 e. The average molecular weight is 355 g/mol. The lowest BCUT2D eigenvalue weighted by atomic mass is 9.54. The minimum absolute atomic E-state index is 0.0334. The van der Waals surface area contributed by atoms with Crippen molar-refractivity contribution in [2.75, 3.05) is 18.5 Å². The zero-order chi connectivity index (χ0) is 18.0. The van der Waals surface area contributed by atoms with Crippen LogP contribution in [-0.2, 0) is 25.5 Å². The number of aromatic nitrogens is 1. The summed E-state index contributed by atoms with van der Waals surface area (Å²) in [7, 11) is 0. The van der Waals surface area contributed by atoms with Crippen LogP contribution in [0, 0.1) is 5.41 Å². The first-order valence-corrected chi connectivity index (χ1v) is 8.94. The molecular weight excluding hydrogens is 330 g/mol. The minimum Gasteiger partial charge on any atom is -0.466 e. The fourth-order valence-corrected chi connectivity index (χ4v) is 3.54. The van der Waals surface area contributed by atoms with Gasteiger partial charge in [0.1, 0.15) is 5.54 Å². The predicted octanol–water partition coefficient (Wildman–Crippen LogP) is 1.72. The van der Waals surface area contributed by atoms with E-state index in [-0.39, 0.29) is 24.4 Å². The Bertz CT molecular complexity index is 616. The van der Waals surface area contributed by atoms with Crippen LogP contribution in [0.2, 0.25) is 0 Å². The van der Waals surface area contributed by atoms with Crippen LogP contribution < -0.4 is 11.1 Å². The maximum Gasteiger partial charge on any atom is 0.311 e. The Balaban J connectivity index is 1.98. The fourth-order valence-electron chi connectivity index (χ4n) is 2.83. The van der Waals surface area contributed by atoms with Gasteiger partial charge in [0, 0.05) is 23.8 Å². The number of hydrogen-bond donors (Lipinski definition) is 2. The molecule has 2 atom stereocenters. The zero-order valence-electron chi connectivity index (χ0n) is 14.5. The Morgan fingerprint density at radius 1 is 1.42 bits per heavy atom. The molecule has 7 nitrogen and oxygen atoms in total. The van der Waals surface area contributed by atoms with Gasteiger partial charge in [0.25, 0.3) is 0 Å². The second-order valence-corrected chi connectivity index (χ2v) is 7.28. The second-order valence-electron chi connectivity index (χ2n) is 6.42. The zero-order valence-corrected chi connectivity index (χ0v) is 15.4. The number of ether oxygens (including phenoxy) is 2. The summed E-state index contributed by atoms with van der Waals surface area (Å²) in [6.45, 7) is 8.47. The number of carbonyl (C=O) groups is 2. The first kappa shape index (κ1) is 18.8. The highest BCUT2D eigenvalue weighted by atomic mass is 32.1. The van der Waals surface area contributed by atoms with Crippen LogP contribution in [0.15, 0.2) is 5.38 Å².